The molecule has 3 heteroatoms. The Hall–Kier alpha value is -1.32. The Bertz CT molecular complexity index is 555. The number of benzene rings is 1. The molecule has 0 aliphatic heterocycles. The summed E-state index contributed by atoms with van der Waals surface area (Å²) in [6.45, 7) is 0.978. The van der Waals surface area contributed by atoms with Gasteiger partial charge in [-0.05, 0) is 45.8 Å². The second-order valence-corrected chi connectivity index (χ2v) is 5.97. The van der Waals surface area contributed by atoms with Gasteiger partial charge in [-0.3, -0.25) is 4.90 Å². The average Bonchev–Trinajstić information content (AvgIpc) is 2.91. The van der Waals surface area contributed by atoms with E-state index in [1.165, 1.54) is 36.6 Å². The quantitative estimate of drug-likeness (QED) is 0.924. The van der Waals surface area contributed by atoms with E-state index < -0.39 is 0 Å². The van der Waals surface area contributed by atoms with Crippen LogP contribution in [-0.4, -0.2) is 31.1 Å². The fourth-order valence-electron chi connectivity index (χ4n) is 3.36. The molecule has 108 valence electrons. The summed E-state index contributed by atoms with van der Waals surface area (Å²) < 4.78 is 5.64. The summed E-state index contributed by atoms with van der Waals surface area (Å²) in [7, 11) is 4.32. The third-order valence-electron chi connectivity index (χ3n) is 4.71. The number of rotatable bonds is 4. The lowest BCUT2D eigenvalue weighted by atomic mass is 9.90. The van der Waals surface area contributed by atoms with Gasteiger partial charge < -0.3 is 9.73 Å². The van der Waals surface area contributed by atoms with E-state index in [0.29, 0.717) is 6.04 Å². The molecule has 2 aromatic rings. The van der Waals surface area contributed by atoms with Gasteiger partial charge in [0.05, 0.1) is 6.26 Å². The molecule has 0 spiro atoms. The first-order valence-corrected chi connectivity index (χ1v) is 7.60. The van der Waals surface area contributed by atoms with Crippen LogP contribution >= 0.6 is 0 Å². The van der Waals surface area contributed by atoms with E-state index >= 15 is 0 Å². The summed E-state index contributed by atoms with van der Waals surface area (Å²) in [5.74, 6) is 0. The standard InChI is InChI=1S/C17H24N2O/c1-18-14-7-9-15(10-8-14)19(2)11-13-12-20-17-6-4-3-5-16(13)17/h3-6,12,14-15,18H,7-11H2,1-2H3. The van der Waals surface area contributed by atoms with Crippen molar-refractivity contribution < 1.29 is 4.42 Å². The van der Waals surface area contributed by atoms with Crippen molar-refractivity contribution in [2.45, 2.75) is 44.3 Å². The lowest BCUT2D eigenvalue weighted by molar-refractivity contribution is 0.170. The van der Waals surface area contributed by atoms with Crippen molar-refractivity contribution in [1.82, 2.24) is 10.2 Å². The summed E-state index contributed by atoms with van der Waals surface area (Å²) in [4.78, 5) is 2.49. The normalized spacial score (nSPS) is 23.6. The predicted octanol–water partition coefficient (Wildman–Crippen LogP) is 3.40. The molecule has 0 amide bonds. The van der Waals surface area contributed by atoms with Crippen molar-refractivity contribution in [3.8, 4) is 0 Å². The van der Waals surface area contributed by atoms with Crippen molar-refractivity contribution in [3.63, 3.8) is 0 Å². The number of nitrogens with zero attached hydrogens (tertiary/aromatic N) is 1. The highest BCUT2D eigenvalue weighted by Gasteiger charge is 2.23. The van der Waals surface area contributed by atoms with Crippen LogP contribution in [0.15, 0.2) is 34.9 Å². The van der Waals surface area contributed by atoms with Gasteiger partial charge in [0.2, 0.25) is 0 Å². The maximum absolute atomic E-state index is 5.64. The van der Waals surface area contributed by atoms with Gasteiger partial charge in [-0.15, -0.1) is 0 Å². The van der Waals surface area contributed by atoms with Crippen LogP contribution in [0.2, 0.25) is 0 Å². The molecule has 3 nitrogen and oxygen atoms in total. The van der Waals surface area contributed by atoms with Crippen LogP contribution in [0.1, 0.15) is 31.2 Å². The van der Waals surface area contributed by atoms with Gasteiger partial charge in [0, 0.05) is 29.6 Å². The first kappa shape index (κ1) is 13.7. The second kappa shape index (κ2) is 5.98. The summed E-state index contributed by atoms with van der Waals surface area (Å²) >= 11 is 0. The van der Waals surface area contributed by atoms with Gasteiger partial charge in [-0.25, -0.2) is 0 Å². The summed E-state index contributed by atoms with van der Waals surface area (Å²) in [6.07, 6.45) is 7.07. The van der Waals surface area contributed by atoms with E-state index in [0.717, 1.165) is 18.2 Å². The van der Waals surface area contributed by atoms with Crippen molar-refractivity contribution in [3.05, 3.63) is 36.1 Å². The van der Waals surface area contributed by atoms with Crippen LogP contribution in [-0.2, 0) is 6.54 Å². The molecule has 20 heavy (non-hydrogen) atoms. The molecule has 1 heterocycles. The maximum atomic E-state index is 5.64. The topological polar surface area (TPSA) is 28.4 Å². The number of hydrogen-bond acceptors (Lipinski definition) is 3. The van der Waals surface area contributed by atoms with Crippen molar-refractivity contribution in [1.29, 1.82) is 0 Å². The molecule has 0 bridgehead atoms. The molecule has 0 radical (unpaired) electrons. The van der Waals surface area contributed by atoms with Crippen LogP contribution in [0.5, 0.6) is 0 Å². The van der Waals surface area contributed by atoms with Gasteiger partial charge in [0.15, 0.2) is 0 Å². The van der Waals surface area contributed by atoms with Gasteiger partial charge in [0.1, 0.15) is 5.58 Å². The van der Waals surface area contributed by atoms with E-state index in [4.69, 9.17) is 4.42 Å². The minimum absolute atomic E-state index is 0.702. The molecular formula is C17H24N2O. The Balaban J connectivity index is 1.65. The molecule has 0 atom stereocenters. The molecule has 1 fully saturated rings. The highest BCUT2D eigenvalue weighted by Crippen LogP contribution is 2.26. The van der Waals surface area contributed by atoms with E-state index in [-0.39, 0.29) is 0 Å². The lowest BCUT2D eigenvalue weighted by Gasteiger charge is -2.34. The number of hydrogen-bond donors (Lipinski definition) is 1. The van der Waals surface area contributed by atoms with Gasteiger partial charge in [0.25, 0.3) is 0 Å². The zero-order valence-corrected chi connectivity index (χ0v) is 12.4. The fourth-order valence-corrected chi connectivity index (χ4v) is 3.36. The van der Waals surface area contributed by atoms with E-state index in [2.05, 4.69) is 36.4 Å². The molecule has 1 N–H and O–H groups in total. The number of nitrogens with one attached hydrogen (secondary N) is 1. The smallest absolute Gasteiger partial charge is 0.134 e. The van der Waals surface area contributed by atoms with Crippen molar-refractivity contribution >= 4 is 11.0 Å². The highest BCUT2D eigenvalue weighted by atomic mass is 16.3. The van der Waals surface area contributed by atoms with Crippen molar-refractivity contribution in [2.24, 2.45) is 0 Å². The molecule has 1 aromatic heterocycles. The number of furan rings is 1. The maximum Gasteiger partial charge on any atom is 0.134 e. The molecule has 1 aromatic carbocycles. The zero-order chi connectivity index (χ0) is 13.9. The Morgan fingerprint density at radius 2 is 1.95 bits per heavy atom. The molecule has 0 unspecified atom stereocenters. The van der Waals surface area contributed by atoms with E-state index in [1.54, 1.807) is 0 Å². The minimum atomic E-state index is 0.702. The predicted molar refractivity (Wildman–Crippen MR) is 82.8 cm³/mol. The third-order valence-corrected chi connectivity index (χ3v) is 4.71. The number of para-hydroxylation sites is 1. The molecular weight excluding hydrogens is 248 g/mol. The molecule has 1 aliphatic rings. The highest BCUT2D eigenvalue weighted by molar-refractivity contribution is 5.80. The lowest BCUT2D eigenvalue weighted by Crippen LogP contribution is -2.39. The first-order chi connectivity index (χ1) is 9.78. The van der Waals surface area contributed by atoms with Gasteiger partial charge in [-0.1, -0.05) is 18.2 Å². The molecule has 1 aliphatic carbocycles. The Labute approximate surface area is 120 Å². The third kappa shape index (κ3) is 2.74. The Morgan fingerprint density at radius 3 is 2.70 bits per heavy atom. The minimum Gasteiger partial charge on any atom is -0.464 e. The Morgan fingerprint density at radius 1 is 1.20 bits per heavy atom. The average molecular weight is 272 g/mol. The SMILES string of the molecule is CNC1CCC(N(C)Cc2coc3ccccc23)CC1. The number of fused-ring (bicyclic) bond motifs is 1. The largest absolute Gasteiger partial charge is 0.464 e. The van der Waals surface area contributed by atoms with Crippen LogP contribution in [0.25, 0.3) is 11.0 Å². The van der Waals surface area contributed by atoms with Crippen LogP contribution < -0.4 is 5.32 Å². The van der Waals surface area contributed by atoms with Crippen LogP contribution in [0, 0.1) is 0 Å². The van der Waals surface area contributed by atoms with E-state index in [9.17, 15) is 0 Å². The first-order valence-electron chi connectivity index (χ1n) is 7.60. The molecule has 3 rings (SSSR count). The summed E-state index contributed by atoms with van der Waals surface area (Å²) in [5, 5.41) is 4.65. The summed E-state index contributed by atoms with van der Waals surface area (Å²) in [6, 6.07) is 9.72. The summed E-state index contributed by atoms with van der Waals surface area (Å²) in [5.41, 5.74) is 2.30. The second-order valence-electron chi connectivity index (χ2n) is 5.97. The monoisotopic (exact) mass is 272 g/mol. The van der Waals surface area contributed by atoms with Crippen molar-refractivity contribution in [2.75, 3.05) is 14.1 Å². The zero-order valence-electron chi connectivity index (χ0n) is 12.4. The molecule has 1 saturated carbocycles. The molecule has 0 saturated heterocycles. The van der Waals surface area contributed by atoms with Crippen LogP contribution in [0.3, 0.4) is 0 Å². The van der Waals surface area contributed by atoms with E-state index in [1.807, 2.05) is 18.4 Å². The fraction of sp³-hybridized carbons (Fsp3) is 0.529. The Kier molecular flexibility index (Phi) is 4.08. The van der Waals surface area contributed by atoms with Gasteiger partial charge >= 0.3 is 0 Å². The van der Waals surface area contributed by atoms with Crippen LogP contribution in [0.4, 0.5) is 0 Å². The van der Waals surface area contributed by atoms with Gasteiger partial charge in [-0.2, -0.15) is 0 Å².